The molecule has 0 spiro atoms. The molecule has 0 bridgehead atoms. The molecule has 1 aliphatic rings. The zero-order valence-electron chi connectivity index (χ0n) is 11.4. The molecule has 2 rings (SSSR count). The summed E-state index contributed by atoms with van der Waals surface area (Å²) in [5.74, 6) is -0.345. The lowest BCUT2D eigenvalue weighted by Crippen LogP contribution is -2.24. The molecule has 0 amide bonds. The number of rotatable bonds is 2. The molecule has 0 saturated heterocycles. The highest BCUT2D eigenvalue weighted by Gasteiger charge is 2.33. The third kappa shape index (κ3) is 3.85. The molecule has 6 heteroatoms. The second-order valence-corrected chi connectivity index (χ2v) is 6.91. The number of hydrogen-bond donors (Lipinski definition) is 0. The highest BCUT2D eigenvalue weighted by Crippen LogP contribution is 2.33. The van der Waals surface area contributed by atoms with E-state index in [1.54, 1.807) is 0 Å². The molecule has 0 radical (unpaired) electrons. The van der Waals surface area contributed by atoms with Crippen LogP contribution in [0.1, 0.15) is 37.7 Å². The van der Waals surface area contributed by atoms with E-state index < -0.39 is 22.5 Å². The van der Waals surface area contributed by atoms with Gasteiger partial charge in [-0.15, -0.1) is 0 Å². The summed E-state index contributed by atoms with van der Waals surface area (Å²) in [4.78, 5) is 0.164. The fourth-order valence-electron chi connectivity index (χ4n) is 2.65. The van der Waals surface area contributed by atoms with Crippen LogP contribution < -0.4 is 0 Å². The van der Waals surface area contributed by atoms with Crippen LogP contribution in [-0.2, 0) is 17.0 Å². The Morgan fingerprint density at radius 3 is 2.57 bits per heavy atom. The number of benzene rings is 1. The fourth-order valence-corrected chi connectivity index (χ4v) is 4.33. The van der Waals surface area contributed by atoms with E-state index in [2.05, 4.69) is 6.07 Å². The van der Waals surface area contributed by atoms with Crippen molar-refractivity contribution in [2.24, 2.45) is 5.92 Å². The molecule has 0 aromatic heterocycles. The highest BCUT2D eigenvalue weighted by molar-refractivity contribution is 7.85. The van der Waals surface area contributed by atoms with E-state index in [1.807, 2.05) is 0 Å². The SMILES string of the molecule is N#CC1CCCCCC1S(=O)c1cccc(C(F)(F)F)c1. The average Bonchev–Trinajstić information content (AvgIpc) is 2.70. The predicted molar refractivity (Wildman–Crippen MR) is 73.8 cm³/mol. The van der Waals surface area contributed by atoms with Gasteiger partial charge in [0, 0.05) is 4.90 Å². The van der Waals surface area contributed by atoms with Crippen LogP contribution in [-0.4, -0.2) is 9.46 Å². The van der Waals surface area contributed by atoms with Gasteiger partial charge < -0.3 is 0 Å². The lowest BCUT2D eigenvalue weighted by molar-refractivity contribution is -0.137. The van der Waals surface area contributed by atoms with E-state index in [9.17, 15) is 22.6 Å². The van der Waals surface area contributed by atoms with Gasteiger partial charge in [0.05, 0.1) is 33.6 Å². The van der Waals surface area contributed by atoms with E-state index in [1.165, 1.54) is 12.1 Å². The lowest BCUT2D eigenvalue weighted by Gasteiger charge is -2.19. The van der Waals surface area contributed by atoms with E-state index in [0.29, 0.717) is 12.8 Å². The number of halogens is 3. The molecule has 0 aliphatic heterocycles. The van der Waals surface area contributed by atoms with Crippen LogP contribution in [0.4, 0.5) is 13.2 Å². The lowest BCUT2D eigenvalue weighted by atomic mass is 10.0. The van der Waals surface area contributed by atoms with Crippen molar-refractivity contribution in [3.63, 3.8) is 0 Å². The van der Waals surface area contributed by atoms with Crippen LogP contribution in [0, 0.1) is 17.2 Å². The Hall–Kier alpha value is -1.35. The van der Waals surface area contributed by atoms with Crippen molar-refractivity contribution in [3.05, 3.63) is 29.8 Å². The van der Waals surface area contributed by atoms with Crippen molar-refractivity contribution in [1.29, 1.82) is 5.26 Å². The van der Waals surface area contributed by atoms with Crippen LogP contribution in [0.5, 0.6) is 0 Å². The smallest absolute Gasteiger partial charge is 0.254 e. The van der Waals surface area contributed by atoms with E-state index in [-0.39, 0.29) is 16.1 Å². The zero-order chi connectivity index (χ0) is 15.5. The molecule has 0 N–H and O–H groups in total. The van der Waals surface area contributed by atoms with Gasteiger partial charge in [-0.25, -0.2) is 0 Å². The highest BCUT2D eigenvalue weighted by atomic mass is 32.2. The Morgan fingerprint density at radius 1 is 1.19 bits per heavy atom. The maximum absolute atomic E-state index is 12.7. The predicted octanol–water partition coefficient (Wildman–Crippen LogP) is 4.29. The number of nitrogens with zero attached hydrogens (tertiary/aromatic N) is 1. The Labute approximate surface area is 124 Å². The maximum atomic E-state index is 12.7. The second-order valence-electron chi connectivity index (χ2n) is 5.24. The molecule has 1 saturated carbocycles. The summed E-state index contributed by atoms with van der Waals surface area (Å²) in [6.07, 6.45) is -0.387. The average molecular weight is 315 g/mol. The quantitative estimate of drug-likeness (QED) is 0.764. The van der Waals surface area contributed by atoms with Gasteiger partial charge in [-0.3, -0.25) is 4.21 Å². The minimum atomic E-state index is -4.45. The van der Waals surface area contributed by atoms with Crippen LogP contribution in [0.2, 0.25) is 0 Å². The van der Waals surface area contributed by atoms with Gasteiger partial charge >= 0.3 is 6.18 Å². The molecule has 3 atom stereocenters. The Kier molecular flexibility index (Phi) is 5.04. The topological polar surface area (TPSA) is 40.9 Å². The normalized spacial score (nSPS) is 24.9. The Bertz CT molecular complexity index is 565. The molecular formula is C15H16F3NOS. The molecule has 0 heterocycles. The molecule has 1 aromatic rings. The van der Waals surface area contributed by atoms with Crippen molar-refractivity contribution in [3.8, 4) is 6.07 Å². The second kappa shape index (κ2) is 6.61. The molecule has 1 aromatic carbocycles. The molecule has 1 aliphatic carbocycles. The number of nitriles is 1. The first kappa shape index (κ1) is 16.0. The van der Waals surface area contributed by atoms with Gasteiger partial charge in [0.2, 0.25) is 0 Å². The number of alkyl halides is 3. The van der Waals surface area contributed by atoms with Gasteiger partial charge in [0.1, 0.15) is 0 Å². The Morgan fingerprint density at radius 2 is 1.90 bits per heavy atom. The van der Waals surface area contributed by atoms with Crippen molar-refractivity contribution in [2.75, 3.05) is 0 Å². The summed E-state index contributed by atoms with van der Waals surface area (Å²) in [5, 5.41) is 8.83. The summed E-state index contributed by atoms with van der Waals surface area (Å²) >= 11 is 0. The van der Waals surface area contributed by atoms with Crippen molar-refractivity contribution in [1.82, 2.24) is 0 Å². The third-order valence-electron chi connectivity index (χ3n) is 3.79. The molecule has 21 heavy (non-hydrogen) atoms. The van der Waals surface area contributed by atoms with Gasteiger partial charge in [0.15, 0.2) is 0 Å². The van der Waals surface area contributed by atoms with E-state index in [0.717, 1.165) is 31.4 Å². The van der Waals surface area contributed by atoms with Crippen LogP contribution in [0.25, 0.3) is 0 Å². The standard InChI is InChI=1S/C15H16F3NOS/c16-15(17,18)12-6-4-7-13(9-12)21(20)14-8-3-1-2-5-11(14)10-19/h4,6-7,9,11,14H,1-3,5,8H2. The third-order valence-corrected chi connectivity index (χ3v) is 5.62. The molecule has 114 valence electrons. The molecular weight excluding hydrogens is 299 g/mol. The minimum Gasteiger partial charge on any atom is -0.254 e. The molecule has 2 nitrogen and oxygen atoms in total. The first-order chi connectivity index (χ1) is 9.93. The van der Waals surface area contributed by atoms with Gasteiger partial charge in [-0.1, -0.05) is 25.3 Å². The van der Waals surface area contributed by atoms with E-state index >= 15 is 0 Å². The van der Waals surface area contributed by atoms with E-state index in [4.69, 9.17) is 0 Å². The Balaban J connectivity index is 2.28. The van der Waals surface area contributed by atoms with Crippen LogP contribution in [0.3, 0.4) is 0 Å². The van der Waals surface area contributed by atoms with Crippen molar-refractivity contribution >= 4 is 10.8 Å². The van der Waals surface area contributed by atoms with Crippen molar-refractivity contribution in [2.45, 2.75) is 48.4 Å². The summed E-state index contributed by atoms with van der Waals surface area (Å²) in [5.41, 5.74) is -0.796. The van der Waals surface area contributed by atoms with Gasteiger partial charge in [0.25, 0.3) is 0 Å². The summed E-state index contributed by atoms with van der Waals surface area (Å²) in [6, 6.07) is 6.80. The number of hydrogen-bond acceptors (Lipinski definition) is 2. The summed E-state index contributed by atoms with van der Waals surface area (Å²) < 4.78 is 50.8. The molecule has 3 unspecified atom stereocenters. The van der Waals surface area contributed by atoms with Crippen LogP contribution in [0.15, 0.2) is 29.2 Å². The monoisotopic (exact) mass is 315 g/mol. The molecule has 1 fully saturated rings. The first-order valence-electron chi connectivity index (χ1n) is 6.91. The largest absolute Gasteiger partial charge is 0.416 e. The minimum absolute atomic E-state index is 0.164. The van der Waals surface area contributed by atoms with Crippen LogP contribution >= 0.6 is 0 Å². The summed E-state index contributed by atoms with van der Waals surface area (Å²) in [7, 11) is -1.58. The first-order valence-corrected chi connectivity index (χ1v) is 8.12. The van der Waals surface area contributed by atoms with Gasteiger partial charge in [-0.2, -0.15) is 18.4 Å². The van der Waals surface area contributed by atoms with Gasteiger partial charge in [-0.05, 0) is 31.0 Å². The maximum Gasteiger partial charge on any atom is 0.416 e. The fraction of sp³-hybridized carbons (Fsp3) is 0.533. The zero-order valence-corrected chi connectivity index (χ0v) is 12.2. The van der Waals surface area contributed by atoms with Crippen molar-refractivity contribution < 1.29 is 17.4 Å². The summed E-state index contributed by atoms with van der Waals surface area (Å²) in [6.45, 7) is 0.